The minimum absolute atomic E-state index is 0.0734. The fourth-order valence-corrected chi connectivity index (χ4v) is 3.21. The molecule has 1 unspecified atom stereocenters. The molecule has 0 spiro atoms. The van der Waals surface area contributed by atoms with Crippen LogP contribution in [-0.2, 0) is 6.54 Å². The number of hydrogen-bond donors (Lipinski definition) is 1. The zero-order valence-electron chi connectivity index (χ0n) is 12.8. The van der Waals surface area contributed by atoms with Gasteiger partial charge in [0.25, 0.3) is 5.56 Å². The van der Waals surface area contributed by atoms with Crippen molar-refractivity contribution < 1.29 is 0 Å². The van der Waals surface area contributed by atoms with E-state index < -0.39 is 0 Å². The van der Waals surface area contributed by atoms with Crippen LogP contribution in [0.1, 0.15) is 19.3 Å². The number of rotatable bonds is 5. The molecule has 21 heavy (non-hydrogen) atoms. The van der Waals surface area contributed by atoms with Gasteiger partial charge in [-0.3, -0.25) is 4.79 Å². The maximum absolute atomic E-state index is 12.4. The summed E-state index contributed by atoms with van der Waals surface area (Å²) in [6.07, 6.45) is 5.19. The van der Waals surface area contributed by atoms with Crippen molar-refractivity contribution in [3.05, 3.63) is 21.0 Å². The van der Waals surface area contributed by atoms with Crippen LogP contribution in [-0.4, -0.2) is 54.5 Å². The van der Waals surface area contributed by atoms with E-state index in [1.54, 1.807) is 6.20 Å². The van der Waals surface area contributed by atoms with Crippen LogP contribution in [0.4, 0.5) is 5.69 Å². The van der Waals surface area contributed by atoms with Crippen molar-refractivity contribution in [3.8, 4) is 0 Å². The number of nitrogens with two attached hydrogens (primary N) is 1. The molecule has 6 nitrogen and oxygen atoms in total. The van der Waals surface area contributed by atoms with E-state index in [4.69, 9.17) is 5.73 Å². The number of nitrogens with zero attached hydrogens (tertiary/aromatic N) is 4. The second-order valence-electron chi connectivity index (χ2n) is 5.75. The van der Waals surface area contributed by atoms with E-state index in [9.17, 15) is 4.79 Å². The molecule has 118 valence electrons. The van der Waals surface area contributed by atoms with Crippen molar-refractivity contribution in [3.63, 3.8) is 0 Å². The molecular weight excluding hydrogens is 334 g/mol. The molecule has 0 radical (unpaired) electrons. The Hall–Kier alpha value is -0.920. The second kappa shape index (κ2) is 7.38. The van der Waals surface area contributed by atoms with E-state index >= 15 is 0 Å². The summed E-state index contributed by atoms with van der Waals surface area (Å²) in [5.41, 5.74) is 6.66. The molecule has 2 rings (SSSR count). The fraction of sp³-hybridized carbons (Fsp3) is 0.714. The average molecular weight is 358 g/mol. The lowest BCUT2D eigenvalue weighted by atomic mass is 10.0. The third kappa shape index (κ3) is 3.84. The van der Waals surface area contributed by atoms with Crippen molar-refractivity contribution >= 4 is 21.6 Å². The molecule has 1 aliphatic rings. The summed E-state index contributed by atoms with van der Waals surface area (Å²) in [7, 11) is 3.96. The van der Waals surface area contributed by atoms with E-state index in [2.05, 4.69) is 25.9 Å². The highest BCUT2D eigenvalue weighted by atomic mass is 79.9. The first kappa shape index (κ1) is 16.5. The lowest BCUT2D eigenvalue weighted by Crippen LogP contribution is -2.45. The number of likely N-dealkylation sites (N-methyl/N-ethyl adjacent to an activating group) is 1. The minimum atomic E-state index is -0.0734. The van der Waals surface area contributed by atoms with Crippen LogP contribution >= 0.6 is 15.9 Å². The first-order valence-corrected chi connectivity index (χ1v) is 8.21. The summed E-state index contributed by atoms with van der Waals surface area (Å²) in [5, 5.41) is 4.32. The van der Waals surface area contributed by atoms with Gasteiger partial charge in [0.1, 0.15) is 4.47 Å². The normalized spacial score (nSPS) is 19.3. The van der Waals surface area contributed by atoms with Gasteiger partial charge in [0.05, 0.1) is 18.4 Å². The maximum Gasteiger partial charge on any atom is 0.283 e. The van der Waals surface area contributed by atoms with Gasteiger partial charge in [-0.25, -0.2) is 4.68 Å². The molecule has 7 heteroatoms. The lowest BCUT2D eigenvalue weighted by molar-refractivity contribution is 0.367. The summed E-state index contributed by atoms with van der Waals surface area (Å²) >= 11 is 3.46. The molecule has 1 aromatic heterocycles. The molecule has 1 aliphatic heterocycles. The van der Waals surface area contributed by atoms with Gasteiger partial charge in [0.2, 0.25) is 0 Å². The van der Waals surface area contributed by atoms with Crippen LogP contribution in [0.5, 0.6) is 0 Å². The predicted molar refractivity (Wildman–Crippen MR) is 88.8 cm³/mol. The van der Waals surface area contributed by atoms with E-state index in [0.29, 0.717) is 23.6 Å². The monoisotopic (exact) mass is 357 g/mol. The molecule has 1 saturated heterocycles. The number of aromatic nitrogens is 2. The number of piperidine rings is 1. The molecule has 1 atom stereocenters. The molecule has 0 bridgehead atoms. The van der Waals surface area contributed by atoms with Gasteiger partial charge >= 0.3 is 0 Å². The van der Waals surface area contributed by atoms with E-state index in [1.165, 1.54) is 11.1 Å². The lowest BCUT2D eigenvalue weighted by Gasteiger charge is -2.37. The molecule has 0 saturated carbocycles. The van der Waals surface area contributed by atoms with Gasteiger partial charge in [-0.15, -0.1) is 0 Å². The van der Waals surface area contributed by atoms with E-state index in [1.807, 2.05) is 19.0 Å². The van der Waals surface area contributed by atoms with Gasteiger partial charge in [-0.1, -0.05) is 0 Å². The number of anilines is 1. The number of hydrogen-bond acceptors (Lipinski definition) is 5. The largest absolute Gasteiger partial charge is 0.365 e. The van der Waals surface area contributed by atoms with Gasteiger partial charge in [0.15, 0.2) is 0 Å². The summed E-state index contributed by atoms with van der Waals surface area (Å²) in [4.78, 5) is 16.7. The van der Waals surface area contributed by atoms with Gasteiger partial charge in [0, 0.05) is 25.7 Å². The number of halogens is 1. The topological polar surface area (TPSA) is 67.4 Å². The van der Waals surface area contributed by atoms with Crippen LogP contribution in [0.2, 0.25) is 0 Å². The third-order valence-electron chi connectivity index (χ3n) is 3.93. The van der Waals surface area contributed by atoms with Crippen LogP contribution in [0.15, 0.2) is 15.5 Å². The summed E-state index contributed by atoms with van der Waals surface area (Å²) < 4.78 is 2.10. The Morgan fingerprint density at radius 3 is 2.90 bits per heavy atom. The second-order valence-corrected chi connectivity index (χ2v) is 6.55. The first-order chi connectivity index (χ1) is 10.0. The quantitative estimate of drug-likeness (QED) is 0.847. The predicted octanol–water partition coefficient (Wildman–Crippen LogP) is 0.885. The van der Waals surface area contributed by atoms with Gasteiger partial charge in [-0.05, 0) is 49.3 Å². The summed E-state index contributed by atoms with van der Waals surface area (Å²) in [5.74, 6) is 0. The van der Waals surface area contributed by atoms with Crippen LogP contribution in [0.3, 0.4) is 0 Å². The molecule has 0 aliphatic carbocycles. The third-order valence-corrected chi connectivity index (χ3v) is 4.68. The molecule has 0 amide bonds. The molecule has 0 aromatic carbocycles. The van der Waals surface area contributed by atoms with E-state index in [0.717, 1.165) is 31.6 Å². The Kier molecular flexibility index (Phi) is 5.78. The van der Waals surface area contributed by atoms with Gasteiger partial charge in [-0.2, -0.15) is 5.10 Å². The standard InChI is InChI=1S/C14H24BrN5O/c1-18(2)7-8-20-14(21)13(15)12(10-17-20)19-6-4-3-5-11(19)9-16/h10-11H,3-9,16H2,1-2H3. The van der Waals surface area contributed by atoms with E-state index in [-0.39, 0.29) is 5.56 Å². The molecule has 2 N–H and O–H groups in total. The summed E-state index contributed by atoms with van der Waals surface area (Å²) in [6, 6.07) is 0.300. The average Bonchev–Trinajstić information content (AvgIpc) is 2.48. The molecule has 1 aromatic rings. The van der Waals surface area contributed by atoms with Crippen LogP contribution < -0.4 is 16.2 Å². The van der Waals surface area contributed by atoms with Crippen molar-refractivity contribution in [2.45, 2.75) is 31.8 Å². The van der Waals surface area contributed by atoms with Crippen molar-refractivity contribution in [1.82, 2.24) is 14.7 Å². The Labute approximate surface area is 134 Å². The smallest absolute Gasteiger partial charge is 0.283 e. The Morgan fingerprint density at radius 2 is 2.24 bits per heavy atom. The fourth-order valence-electron chi connectivity index (χ4n) is 2.67. The Morgan fingerprint density at radius 1 is 1.48 bits per heavy atom. The Balaban J connectivity index is 2.25. The van der Waals surface area contributed by atoms with Gasteiger partial charge < -0.3 is 15.5 Å². The highest BCUT2D eigenvalue weighted by Crippen LogP contribution is 2.28. The van der Waals surface area contributed by atoms with Crippen LogP contribution in [0, 0.1) is 0 Å². The molecular formula is C14H24BrN5O. The highest BCUT2D eigenvalue weighted by molar-refractivity contribution is 9.10. The van der Waals surface area contributed by atoms with Crippen molar-refractivity contribution in [2.24, 2.45) is 5.73 Å². The summed E-state index contributed by atoms with van der Waals surface area (Å²) in [6.45, 7) is 2.91. The Bertz CT molecular complexity index is 531. The first-order valence-electron chi connectivity index (χ1n) is 7.41. The molecule has 1 fully saturated rings. The minimum Gasteiger partial charge on any atom is -0.365 e. The highest BCUT2D eigenvalue weighted by Gasteiger charge is 2.24. The van der Waals surface area contributed by atoms with Crippen LogP contribution in [0.25, 0.3) is 0 Å². The zero-order valence-corrected chi connectivity index (χ0v) is 14.3. The maximum atomic E-state index is 12.4. The SMILES string of the molecule is CN(C)CCn1ncc(N2CCCCC2CN)c(Br)c1=O. The zero-order chi connectivity index (χ0) is 15.4. The molecule has 2 heterocycles. The van der Waals surface area contributed by atoms with Crippen molar-refractivity contribution in [2.75, 3.05) is 38.6 Å². The van der Waals surface area contributed by atoms with Crippen molar-refractivity contribution in [1.29, 1.82) is 0 Å².